The van der Waals surface area contributed by atoms with Gasteiger partial charge in [-0.15, -0.1) is 11.8 Å². The molecule has 1 saturated carbocycles. The number of hydrogen-bond donors (Lipinski definition) is 1. The van der Waals surface area contributed by atoms with Crippen LogP contribution in [0.1, 0.15) is 24.8 Å². The molecule has 0 aliphatic heterocycles. The molecule has 3 unspecified atom stereocenters. The van der Waals surface area contributed by atoms with E-state index in [4.69, 9.17) is 5.73 Å². The van der Waals surface area contributed by atoms with Gasteiger partial charge in [0.05, 0.1) is 0 Å². The lowest BCUT2D eigenvalue weighted by molar-refractivity contribution is 0.226. The zero-order valence-corrected chi connectivity index (χ0v) is 9.85. The molecule has 0 aromatic heterocycles. The van der Waals surface area contributed by atoms with Crippen molar-refractivity contribution in [3.63, 3.8) is 0 Å². The molecule has 0 radical (unpaired) electrons. The number of hydrogen-bond acceptors (Lipinski definition) is 2. The van der Waals surface area contributed by atoms with Gasteiger partial charge in [-0.25, -0.2) is 4.39 Å². The summed E-state index contributed by atoms with van der Waals surface area (Å²) in [6, 6.07) is 5.85. The molecule has 1 aromatic rings. The molecule has 0 bridgehead atoms. The predicted molar refractivity (Wildman–Crippen MR) is 62.7 cm³/mol. The lowest BCUT2D eigenvalue weighted by Crippen LogP contribution is -2.44. The lowest BCUT2D eigenvalue weighted by atomic mass is 9.67. The Hall–Kier alpha value is -0.540. The van der Waals surface area contributed by atoms with Crippen molar-refractivity contribution in [3.05, 3.63) is 29.6 Å². The Bertz CT molecular complexity index is 367. The Morgan fingerprint density at radius 3 is 2.67 bits per heavy atom. The molecule has 3 atom stereocenters. The van der Waals surface area contributed by atoms with Crippen molar-refractivity contribution in [3.8, 4) is 0 Å². The molecule has 0 saturated heterocycles. The minimum atomic E-state index is -0.104. The van der Waals surface area contributed by atoms with Crippen LogP contribution in [0.5, 0.6) is 0 Å². The largest absolute Gasteiger partial charge is 0.327 e. The van der Waals surface area contributed by atoms with Crippen molar-refractivity contribution < 1.29 is 4.39 Å². The fraction of sp³-hybridized carbons (Fsp3) is 0.500. The molecule has 3 heteroatoms. The second-order valence-corrected chi connectivity index (χ2v) is 5.11. The highest BCUT2D eigenvalue weighted by Crippen LogP contribution is 2.41. The van der Waals surface area contributed by atoms with Crippen LogP contribution in [0, 0.1) is 11.7 Å². The third-order valence-electron chi connectivity index (χ3n) is 3.44. The molecule has 0 spiro atoms. The van der Waals surface area contributed by atoms with Crippen molar-refractivity contribution in [2.75, 3.05) is 6.26 Å². The topological polar surface area (TPSA) is 26.0 Å². The van der Waals surface area contributed by atoms with Gasteiger partial charge in [0.1, 0.15) is 5.82 Å². The summed E-state index contributed by atoms with van der Waals surface area (Å²) in [5.41, 5.74) is 6.94. The third-order valence-corrected chi connectivity index (χ3v) is 4.21. The number of nitrogens with two attached hydrogens (primary N) is 1. The van der Waals surface area contributed by atoms with Crippen LogP contribution < -0.4 is 5.73 Å². The van der Waals surface area contributed by atoms with Crippen molar-refractivity contribution in [2.45, 2.75) is 30.2 Å². The molecule has 0 amide bonds. The van der Waals surface area contributed by atoms with E-state index in [0.29, 0.717) is 17.9 Å². The van der Waals surface area contributed by atoms with E-state index in [-0.39, 0.29) is 5.82 Å². The van der Waals surface area contributed by atoms with E-state index in [1.807, 2.05) is 18.4 Å². The Kier molecular flexibility index (Phi) is 3.03. The third kappa shape index (κ3) is 1.91. The second kappa shape index (κ2) is 4.14. The Morgan fingerprint density at radius 1 is 1.47 bits per heavy atom. The van der Waals surface area contributed by atoms with Crippen LogP contribution in [0.3, 0.4) is 0 Å². The quantitative estimate of drug-likeness (QED) is 0.783. The maximum absolute atomic E-state index is 13.5. The van der Waals surface area contributed by atoms with Gasteiger partial charge in [0.2, 0.25) is 0 Å². The Balaban J connectivity index is 2.20. The summed E-state index contributed by atoms with van der Waals surface area (Å²) in [7, 11) is 0. The first kappa shape index (κ1) is 11.0. The number of rotatable bonds is 2. The van der Waals surface area contributed by atoms with Crippen molar-refractivity contribution in [2.24, 2.45) is 11.7 Å². The fourth-order valence-electron chi connectivity index (χ4n) is 2.18. The van der Waals surface area contributed by atoms with Gasteiger partial charge in [-0.1, -0.05) is 13.0 Å². The number of thioether (sulfide) groups is 1. The summed E-state index contributed by atoms with van der Waals surface area (Å²) in [4.78, 5) is 0.718. The Labute approximate surface area is 94.2 Å². The van der Waals surface area contributed by atoms with Gasteiger partial charge in [-0.05, 0) is 42.2 Å². The zero-order chi connectivity index (χ0) is 11.0. The summed E-state index contributed by atoms with van der Waals surface area (Å²) in [6.07, 6.45) is 2.87. The highest BCUT2D eigenvalue weighted by atomic mass is 32.2. The molecule has 15 heavy (non-hydrogen) atoms. The number of benzene rings is 1. The summed E-state index contributed by atoms with van der Waals surface area (Å²) in [5, 5.41) is 0. The van der Waals surface area contributed by atoms with Crippen LogP contribution >= 0.6 is 11.8 Å². The van der Waals surface area contributed by atoms with Crippen LogP contribution in [0.25, 0.3) is 0 Å². The minimum absolute atomic E-state index is 0.104. The van der Waals surface area contributed by atoms with Gasteiger partial charge in [-0.2, -0.15) is 0 Å². The van der Waals surface area contributed by atoms with Crippen LogP contribution in [0.2, 0.25) is 0 Å². The fourth-order valence-corrected chi connectivity index (χ4v) is 2.64. The molecule has 2 N–H and O–H groups in total. The van der Waals surface area contributed by atoms with E-state index in [1.165, 1.54) is 11.8 Å². The van der Waals surface area contributed by atoms with Gasteiger partial charge in [0.15, 0.2) is 0 Å². The van der Waals surface area contributed by atoms with E-state index in [9.17, 15) is 4.39 Å². The second-order valence-electron chi connectivity index (χ2n) is 4.26. The summed E-state index contributed by atoms with van der Waals surface area (Å²) in [5.74, 6) is 0.822. The molecule has 2 rings (SSSR count). The van der Waals surface area contributed by atoms with Gasteiger partial charge in [-0.3, -0.25) is 0 Å². The first-order valence-electron chi connectivity index (χ1n) is 5.22. The lowest BCUT2D eigenvalue weighted by Gasteiger charge is -2.40. The molecule has 1 aliphatic rings. The SMILES string of the molecule is CSc1ccc(C2CC(N)C2C)cc1F. The molecule has 1 aliphatic carbocycles. The highest BCUT2D eigenvalue weighted by Gasteiger charge is 2.36. The van der Waals surface area contributed by atoms with Gasteiger partial charge < -0.3 is 5.73 Å². The van der Waals surface area contributed by atoms with E-state index in [1.54, 1.807) is 6.07 Å². The summed E-state index contributed by atoms with van der Waals surface area (Å²) >= 11 is 1.44. The zero-order valence-electron chi connectivity index (χ0n) is 9.03. The molecule has 0 heterocycles. The maximum Gasteiger partial charge on any atom is 0.137 e. The van der Waals surface area contributed by atoms with E-state index >= 15 is 0 Å². The number of halogens is 1. The molecular formula is C12H16FNS. The summed E-state index contributed by atoms with van der Waals surface area (Å²) in [6.45, 7) is 2.14. The average Bonchev–Trinajstić information content (AvgIpc) is 2.25. The Morgan fingerprint density at radius 2 is 2.20 bits per heavy atom. The van der Waals surface area contributed by atoms with Crippen LogP contribution in [0.4, 0.5) is 4.39 Å². The van der Waals surface area contributed by atoms with Crippen LogP contribution in [0.15, 0.2) is 23.1 Å². The highest BCUT2D eigenvalue weighted by molar-refractivity contribution is 7.98. The van der Waals surface area contributed by atoms with E-state index in [0.717, 1.165) is 16.9 Å². The smallest absolute Gasteiger partial charge is 0.137 e. The van der Waals surface area contributed by atoms with Crippen molar-refractivity contribution in [1.29, 1.82) is 0 Å². The van der Waals surface area contributed by atoms with E-state index in [2.05, 4.69) is 6.92 Å². The average molecular weight is 225 g/mol. The summed E-state index contributed by atoms with van der Waals surface area (Å²) < 4.78 is 13.5. The minimum Gasteiger partial charge on any atom is -0.327 e. The standard InChI is InChI=1S/C12H16FNS/c1-7-9(6-11(7)14)8-3-4-12(15-2)10(13)5-8/h3-5,7,9,11H,6,14H2,1-2H3. The molecular weight excluding hydrogens is 209 g/mol. The van der Waals surface area contributed by atoms with Crippen molar-refractivity contribution in [1.82, 2.24) is 0 Å². The van der Waals surface area contributed by atoms with Crippen LogP contribution in [-0.4, -0.2) is 12.3 Å². The van der Waals surface area contributed by atoms with Gasteiger partial charge in [0, 0.05) is 10.9 Å². The first-order chi connectivity index (χ1) is 7.13. The monoisotopic (exact) mass is 225 g/mol. The molecule has 82 valence electrons. The molecule has 1 aromatic carbocycles. The normalized spacial score (nSPS) is 30.0. The predicted octanol–water partition coefficient (Wildman–Crippen LogP) is 3.00. The van der Waals surface area contributed by atoms with Crippen molar-refractivity contribution >= 4 is 11.8 Å². The van der Waals surface area contributed by atoms with Gasteiger partial charge >= 0.3 is 0 Å². The maximum atomic E-state index is 13.5. The molecule has 1 nitrogen and oxygen atoms in total. The van der Waals surface area contributed by atoms with E-state index < -0.39 is 0 Å². The van der Waals surface area contributed by atoms with Gasteiger partial charge in [0.25, 0.3) is 0 Å². The molecule has 1 fully saturated rings. The van der Waals surface area contributed by atoms with Crippen LogP contribution in [-0.2, 0) is 0 Å². The first-order valence-corrected chi connectivity index (χ1v) is 6.45.